The van der Waals surface area contributed by atoms with E-state index < -0.39 is 8.80 Å². The Labute approximate surface area is 145 Å². The van der Waals surface area contributed by atoms with Gasteiger partial charge in [-0.05, 0) is 33.1 Å². The molecule has 0 bridgehead atoms. The molecule has 0 N–H and O–H groups in total. The second-order valence-corrected chi connectivity index (χ2v) is 11.2. The number of carbonyl (C=O) groups is 1. The summed E-state index contributed by atoms with van der Waals surface area (Å²) in [6.45, 7) is 21.7. The van der Waals surface area contributed by atoms with Gasteiger partial charge in [0.2, 0.25) is 0 Å². The summed E-state index contributed by atoms with van der Waals surface area (Å²) in [6, 6.07) is 0. The lowest BCUT2D eigenvalue weighted by Gasteiger charge is -2.54. The van der Waals surface area contributed by atoms with Crippen LogP contribution in [0.15, 0.2) is 0 Å². The van der Waals surface area contributed by atoms with Crippen molar-refractivity contribution in [1.82, 2.24) is 9.80 Å². The summed E-state index contributed by atoms with van der Waals surface area (Å²) < 4.78 is 5.21. The summed E-state index contributed by atoms with van der Waals surface area (Å²) in [5, 5.41) is 0. The molecule has 0 aromatic rings. The lowest BCUT2D eigenvalue weighted by atomic mass is 9.88. The van der Waals surface area contributed by atoms with Crippen LogP contribution in [-0.4, -0.2) is 62.1 Å². The van der Waals surface area contributed by atoms with Crippen LogP contribution in [0.5, 0.6) is 0 Å². The molecular weight excluding hydrogens is 304 g/mol. The largest absolute Gasteiger partial charge is 0.466 e. The lowest BCUT2D eigenvalue weighted by Crippen LogP contribution is -2.66. The molecule has 0 spiro atoms. The van der Waals surface area contributed by atoms with Gasteiger partial charge < -0.3 is 4.74 Å². The van der Waals surface area contributed by atoms with Gasteiger partial charge in [0, 0.05) is 31.0 Å². The van der Waals surface area contributed by atoms with Crippen molar-refractivity contribution in [2.24, 2.45) is 11.8 Å². The van der Waals surface area contributed by atoms with Crippen molar-refractivity contribution in [3.8, 4) is 0 Å². The van der Waals surface area contributed by atoms with Crippen LogP contribution in [0.1, 0.15) is 48.0 Å². The molecule has 0 aliphatic carbocycles. The molecular formula is C18H38N2O2Si. The molecule has 0 radical (unpaired) electrons. The normalized spacial score (nSPS) is 22.6. The van der Waals surface area contributed by atoms with Crippen molar-refractivity contribution in [1.29, 1.82) is 0 Å². The topological polar surface area (TPSA) is 32.8 Å². The quantitative estimate of drug-likeness (QED) is 0.526. The number of hydrogen-bond acceptors (Lipinski definition) is 4. The van der Waals surface area contributed by atoms with Gasteiger partial charge in [0.05, 0.1) is 21.3 Å². The van der Waals surface area contributed by atoms with E-state index in [0.29, 0.717) is 18.3 Å². The Morgan fingerprint density at radius 1 is 1.26 bits per heavy atom. The highest BCUT2D eigenvalue weighted by Gasteiger charge is 2.41. The van der Waals surface area contributed by atoms with E-state index in [1.165, 1.54) is 13.0 Å². The molecule has 136 valence electrons. The van der Waals surface area contributed by atoms with E-state index in [9.17, 15) is 4.79 Å². The molecule has 0 saturated carbocycles. The summed E-state index contributed by atoms with van der Waals surface area (Å²) >= 11 is 0. The highest BCUT2D eigenvalue weighted by atomic mass is 28.3. The van der Waals surface area contributed by atoms with Crippen LogP contribution >= 0.6 is 0 Å². The van der Waals surface area contributed by atoms with E-state index in [2.05, 4.69) is 50.6 Å². The van der Waals surface area contributed by atoms with E-state index in [1.807, 2.05) is 13.8 Å². The summed E-state index contributed by atoms with van der Waals surface area (Å²) in [5.41, 5.74) is 0.188. The average Bonchev–Trinajstić information content (AvgIpc) is 2.46. The fourth-order valence-electron chi connectivity index (χ4n) is 3.56. The van der Waals surface area contributed by atoms with Gasteiger partial charge in [0.25, 0.3) is 0 Å². The fourth-order valence-corrected chi connectivity index (χ4v) is 5.93. The smallest absolute Gasteiger partial charge is 0.309 e. The molecule has 0 aromatic carbocycles. The van der Waals surface area contributed by atoms with Crippen LogP contribution in [0.4, 0.5) is 0 Å². The minimum atomic E-state index is -0.915. The Kier molecular flexibility index (Phi) is 7.75. The van der Waals surface area contributed by atoms with Crippen LogP contribution < -0.4 is 0 Å². The summed E-state index contributed by atoms with van der Waals surface area (Å²) in [5.74, 6) is 1.03. The van der Waals surface area contributed by atoms with Gasteiger partial charge in [-0.2, -0.15) is 0 Å². The van der Waals surface area contributed by atoms with Gasteiger partial charge in [-0.25, -0.2) is 0 Å². The second-order valence-electron chi connectivity index (χ2n) is 8.16. The second kappa shape index (κ2) is 8.63. The number of carbonyl (C=O) groups excluding carboxylic acids is 1. The van der Waals surface area contributed by atoms with E-state index in [-0.39, 0.29) is 17.4 Å². The maximum atomic E-state index is 12.0. The third-order valence-corrected chi connectivity index (χ3v) is 7.46. The molecule has 1 fully saturated rings. The third kappa shape index (κ3) is 5.04. The Morgan fingerprint density at radius 3 is 2.35 bits per heavy atom. The summed E-state index contributed by atoms with van der Waals surface area (Å²) in [6.07, 6.45) is 1.18. The number of hydrogen-bond donors (Lipinski definition) is 0. The zero-order valence-corrected chi connectivity index (χ0v) is 17.7. The molecule has 1 heterocycles. The maximum absolute atomic E-state index is 12.0. The summed E-state index contributed by atoms with van der Waals surface area (Å²) in [7, 11) is -0.915. The van der Waals surface area contributed by atoms with Crippen LogP contribution in [0.3, 0.4) is 0 Å². The molecule has 2 unspecified atom stereocenters. The lowest BCUT2D eigenvalue weighted by molar-refractivity contribution is -0.149. The van der Waals surface area contributed by atoms with Gasteiger partial charge in [0.15, 0.2) is 0 Å². The predicted molar refractivity (Wildman–Crippen MR) is 100 cm³/mol. The van der Waals surface area contributed by atoms with E-state index in [0.717, 1.165) is 13.1 Å². The maximum Gasteiger partial charge on any atom is 0.309 e. The first kappa shape index (κ1) is 20.7. The van der Waals surface area contributed by atoms with Crippen LogP contribution in [0, 0.1) is 11.8 Å². The highest BCUT2D eigenvalue weighted by Crippen LogP contribution is 2.31. The SMILES string of the molecule is CCOC(=O)C(C)CN1CCCN(C(C)(C)C(C)C)C1[SiH](C)C. The van der Waals surface area contributed by atoms with Crippen molar-refractivity contribution in [3.05, 3.63) is 0 Å². The average molecular weight is 343 g/mol. The van der Waals surface area contributed by atoms with Crippen LogP contribution in [0.2, 0.25) is 13.1 Å². The van der Waals surface area contributed by atoms with Crippen molar-refractivity contribution >= 4 is 14.8 Å². The standard InChI is InChI=1S/C18H38N2O2Si/c1-9-22-16(21)15(4)13-19-11-10-12-20(17(19)23(7)8)18(5,6)14(2)3/h14-15,17,23H,9-13H2,1-8H3. The molecule has 1 saturated heterocycles. The Balaban J connectivity index is 2.92. The monoisotopic (exact) mass is 342 g/mol. The zero-order chi connectivity index (χ0) is 17.8. The predicted octanol–water partition coefficient (Wildman–Crippen LogP) is 2.98. The molecule has 5 heteroatoms. The van der Waals surface area contributed by atoms with E-state index in [4.69, 9.17) is 4.74 Å². The fraction of sp³-hybridized carbons (Fsp3) is 0.944. The third-order valence-electron chi connectivity index (χ3n) is 5.48. The minimum absolute atomic E-state index is 0.0488. The van der Waals surface area contributed by atoms with E-state index >= 15 is 0 Å². The van der Waals surface area contributed by atoms with Crippen molar-refractivity contribution in [2.75, 3.05) is 26.2 Å². The molecule has 0 amide bonds. The first-order valence-corrected chi connectivity index (χ1v) is 12.3. The van der Waals surface area contributed by atoms with Gasteiger partial charge in [0.1, 0.15) is 0 Å². The van der Waals surface area contributed by atoms with Gasteiger partial charge in [-0.15, -0.1) is 0 Å². The zero-order valence-electron chi connectivity index (χ0n) is 16.6. The molecule has 0 aromatic heterocycles. The first-order valence-electron chi connectivity index (χ1n) is 9.30. The molecule has 2 atom stereocenters. The molecule has 4 nitrogen and oxygen atoms in total. The number of esters is 1. The van der Waals surface area contributed by atoms with Gasteiger partial charge >= 0.3 is 5.97 Å². The van der Waals surface area contributed by atoms with Crippen LogP contribution in [-0.2, 0) is 9.53 Å². The number of nitrogens with zero attached hydrogens (tertiary/aromatic N) is 2. The molecule has 1 aliphatic heterocycles. The van der Waals surface area contributed by atoms with Crippen LogP contribution in [0.25, 0.3) is 0 Å². The van der Waals surface area contributed by atoms with Gasteiger partial charge in [-0.1, -0.05) is 33.9 Å². The van der Waals surface area contributed by atoms with Crippen molar-refractivity contribution < 1.29 is 9.53 Å². The Hall–Kier alpha value is -0.393. The number of rotatable bonds is 7. The summed E-state index contributed by atoms with van der Waals surface area (Å²) in [4.78, 5) is 17.3. The Morgan fingerprint density at radius 2 is 1.87 bits per heavy atom. The Bertz CT molecular complexity index is 385. The molecule has 1 rings (SSSR count). The minimum Gasteiger partial charge on any atom is -0.466 e. The van der Waals surface area contributed by atoms with E-state index in [1.54, 1.807) is 0 Å². The highest BCUT2D eigenvalue weighted by molar-refractivity contribution is 6.57. The number of ether oxygens (including phenoxy) is 1. The first-order chi connectivity index (χ1) is 10.6. The van der Waals surface area contributed by atoms with Gasteiger partial charge in [-0.3, -0.25) is 14.6 Å². The van der Waals surface area contributed by atoms with Crippen molar-refractivity contribution in [3.63, 3.8) is 0 Å². The molecule has 23 heavy (non-hydrogen) atoms. The van der Waals surface area contributed by atoms with Crippen molar-refractivity contribution in [2.45, 2.75) is 72.4 Å². The molecule has 1 aliphatic rings.